The third kappa shape index (κ3) is 3.75. The van der Waals surface area contributed by atoms with Gasteiger partial charge in [-0.2, -0.15) is 0 Å². The monoisotopic (exact) mass is 390 g/mol. The van der Waals surface area contributed by atoms with Gasteiger partial charge < -0.3 is 19.4 Å². The Balaban J connectivity index is 1.62. The number of para-hydroxylation sites is 1. The first kappa shape index (κ1) is 18.5. The second-order valence-electron chi connectivity index (χ2n) is 6.60. The summed E-state index contributed by atoms with van der Waals surface area (Å²) in [6.07, 6.45) is 2.85. The van der Waals surface area contributed by atoms with Crippen LogP contribution in [0.3, 0.4) is 0 Å². The summed E-state index contributed by atoms with van der Waals surface area (Å²) < 4.78 is 11.9. The standard InChI is InChI=1S/C22H18N2O5/c1-28-16-8-6-14(7-9-16)11-24-12-18(17-4-2-3-5-19(17)24)21(26)22(27)23-15-10-20(25)29-13-15/h2-10,12H,11,13H2,1H3,(H,23,27). The summed E-state index contributed by atoms with van der Waals surface area (Å²) in [7, 11) is 1.61. The van der Waals surface area contributed by atoms with Crippen LogP contribution in [-0.4, -0.2) is 35.9 Å². The molecule has 1 N–H and O–H groups in total. The van der Waals surface area contributed by atoms with E-state index < -0.39 is 17.7 Å². The van der Waals surface area contributed by atoms with Crippen LogP contribution in [0.2, 0.25) is 0 Å². The smallest absolute Gasteiger partial charge is 0.333 e. The number of carbonyl (C=O) groups is 3. The summed E-state index contributed by atoms with van der Waals surface area (Å²) in [4.78, 5) is 36.3. The predicted octanol–water partition coefficient (Wildman–Crippen LogP) is 2.44. The van der Waals surface area contributed by atoms with Crippen molar-refractivity contribution in [3.05, 3.63) is 77.6 Å². The molecule has 1 aliphatic heterocycles. The second kappa shape index (κ2) is 7.63. The molecule has 0 fully saturated rings. The van der Waals surface area contributed by atoms with Gasteiger partial charge in [-0.25, -0.2) is 4.79 Å². The van der Waals surface area contributed by atoms with Gasteiger partial charge >= 0.3 is 5.97 Å². The Kier molecular flexibility index (Phi) is 4.87. The molecule has 3 aromatic rings. The van der Waals surface area contributed by atoms with Gasteiger partial charge in [-0.15, -0.1) is 0 Å². The van der Waals surface area contributed by atoms with Crippen molar-refractivity contribution in [1.29, 1.82) is 0 Å². The van der Waals surface area contributed by atoms with Crippen molar-refractivity contribution in [2.75, 3.05) is 13.7 Å². The number of nitrogens with zero attached hydrogens (tertiary/aromatic N) is 1. The molecule has 7 heteroatoms. The lowest BCUT2D eigenvalue weighted by Gasteiger charge is -2.06. The fraction of sp³-hybridized carbons (Fsp3) is 0.136. The highest BCUT2D eigenvalue weighted by atomic mass is 16.5. The number of hydrogen-bond acceptors (Lipinski definition) is 5. The number of cyclic esters (lactones) is 1. The maximum atomic E-state index is 12.8. The number of benzene rings is 2. The molecule has 0 spiro atoms. The Morgan fingerprint density at radius 1 is 1.14 bits per heavy atom. The Morgan fingerprint density at radius 3 is 2.59 bits per heavy atom. The van der Waals surface area contributed by atoms with Crippen LogP contribution in [0.25, 0.3) is 10.9 Å². The molecule has 0 radical (unpaired) electrons. The zero-order chi connectivity index (χ0) is 20.4. The molecule has 2 heterocycles. The quantitative estimate of drug-likeness (QED) is 0.397. The van der Waals surface area contributed by atoms with E-state index in [1.165, 1.54) is 0 Å². The van der Waals surface area contributed by atoms with Crippen LogP contribution < -0.4 is 10.1 Å². The fourth-order valence-corrected chi connectivity index (χ4v) is 3.26. The van der Waals surface area contributed by atoms with Crippen molar-refractivity contribution in [1.82, 2.24) is 9.88 Å². The number of amides is 1. The van der Waals surface area contributed by atoms with E-state index in [-0.39, 0.29) is 12.3 Å². The van der Waals surface area contributed by atoms with Crippen molar-refractivity contribution < 1.29 is 23.9 Å². The van der Waals surface area contributed by atoms with Gasteiger partial charge in [0.2, 0.25) is 0 Å². The van der Waals surface area contributed by atoms with Gasteiger partial charge in [0.1, 0.15) is 12.4 Å². The van der Waals surface area contributed by atoms with Gasteiger partial charge in [0, 0.05) is 29.7 Å². The van der Waals surface area contributed by atoms with Crippen LogP contribution in [0.15, 0.2) is 66.5 Å². The first-order chi connectivity index (χ1) is 14.0. The van der Waals surface area contributed by atoms with Crippen LogP contribution in [0.5, 0.6) is 5.75 Å². The summed E-state index contributed by atoms with van der Waals surface area (Å²) in [5.41, 5.74) is 2.45. The fourth-order valence-electron chi connectivity index (χ4n) is 3.26. The maximum Gasteiger partial charge on any atom is 0.333 e. The number of methoxy groups -OCH3 is 1. The molecule has 0 bridgehead atoms. The number of nitrogens with one attached hydrogen (secondary N) is 1. The Hall–Kier alpha value is -3.87. The van der Waals surface area contributed by atoms with Gasteiger partial charge in [-0.3, -0.25) is 9.59 Å². The van der Waals surface area contributed by atoms with Crippen molar-refractivity contribution in [3.8, 4) is 5.75 Å². The number of ether oxygens (including phenoxy) is 2. The Bertz CT molecular complexity index is 1140. The molecule has 4 rings (SSSR count). The number of fused-ring (bicyclic) bond motifs is 1. The average molecular weight is 390 g/mol. The number of carbonyl (C=O) groups excluding carboxylic acids is 3. The number of ketones is 1. The van der Waals surface area contributed by atoms with E-state index in [0.717, 1.165) is 22.9 Å². The summed E-state index contributed by atoms with van der Waals surface area (Å²) >= 11 is 0. The maximum absolute atomic E-state index is 12.8. The molecule has 29 heavy (non-hydrogen) atoms. The minimum Gasteiger partial charge on any atom is -0.497 e. The predicted molar refractivity (Wildman–Crippen MR) is 106 cm³/mol. The van der Waals surface area contributed by atoms with E-state index in [1.54, 1.807) is 13.3 Å². The van der Waals surface area contributed by atoms with Crippen molar-refractivity contribution in [2.24, 2.45) is 0 Å². The minimum absolute atomic E-state index is 0.0446. The highest BCUT2D eigenvalue weighted by Crippen LogP contribution is 2.24. The zero-order valence-corrected chi connectivity index (χ0v) is 15.7. The summed E-state index contributed by atoms with van der Waals surface area (Å²) in [5.74, 6) is -1.25. The zero-order valence-electron chi connectivity index (χ0n) is 15.7. The Morgan fingerprint density at radius 2 is 1.90 bits per heavy atom. The molecular weight excluding hydrogens is 372 g/mol. The average Bonchev–Trinajstić information content (AvgIpc) is 3.31. The van der Waals surface area contributed by atoms with Crippen molar-refractivity contribution in [3.63, 3.8) is 0 Å². The van der Waals surface area contributed by atoms with E-state index in [9.17, 15) is 14.4 Å². The van der Waals surface area contributed by atoms with Crippen molar-refractivity contribution in [2.45, 2.75) is 6.54 Å². The molecule has 0 unspecified atom stereocenters. The molecule has 0 saturated carbocycles. The number of Topliss-reactive ketones (excluding diaryl/α,β-unsaturated/α-hetero) is 1. The molecule has 1 amide bonds. The van der Waals surface area contributed by atoms with Gasteiger partial charge in [0.15, 0.2) is 0 Å². The largest absolute Gasteiger partial charge is 0.497 e. The molecule has 0 atom stereocenters. The third-order valence-electron chi connectivity index (χ3n) is 4.69. The van der Waals surface area contributed by atoms with Crippen LogP contribution in [0, 0.1) is 0 Å². The van der Waals surface area contributed by atoms with Gasteiger partial charge in [-0.1, -0.05) is 30.3 Å². The van der Waals surface area contributed by atoms with Crippen LogP contribution >= 0.6 is 0 Å². The van der Waals surface area contributed by atoms with Gasteiger partial charge in [-0.05, 0) is 23.8 Å². The molecule has 7 nitrogen and oxygen atoms in total. The lowest BCUT2D eigenvalue weighted by molar-refractivity contribution is -0.135. The first-order valence-corrected chi connectivity index (χ1v) is 8.99. The third-order valence-corrected chi connectivity index (χ3v) is 4.69. The van der Waals surface area contributed by atoms with E-state index in [2.05, 4.69) is 5.32 Å². The second-order valence-corrected chi connectivity index (χ2v) is 6.60. The number of aromatic nitrogens is 1. The molecule has 1 aliphatic rings. The normalized spacial score (nSPS) is 13.1. The Labute approximate surface area is 166 Å². The first-order valence-electron chi connectivity index (χ1n) is 8.99. The number of esters is 1. The van der Waals surface area contributed by atoms with E-state index in [1.807, 2.05) is 53.1 Å². The van der Waals surface area contributed by atoms with Crippen LogP contribution in [0.1, 0.15) is 15.9 Å². The number of rotatable bonds is 6. The van der Waals surface area contributed by atoms with E-state index >= 15 is 0 Å². The van der Waals surface area contributed by atoms with Gasteiger partial charge in [0.25, 0.3) is 11.7 Å². The number of hydrogen-bond donors (Lipinski definition) is 1. The molecule has 146 valence electrons. The molecule has 1 aromatic heterocycles. The van der Waals surface area contributed by atoms with Crippen LogP contribution in [-0.2, 0) is 20.9 Å². The van der Waals surface area contributed by atoms with E-state index in [0.29, 0.717) is 17.5 Å². The van der Waals surface area contributed by atoms with Crippen molar-refractivity contribution >= 4 is 28.6 Å². The lowest BCUT2D eigenvalue weighted by atomic mass is 10.1. The van der Waals surface area contributed by atoms with Gasteiger partial charge in [0.05, 0.1) is 18.4 Å². The molecule has 2 aromatic carbocycles. The highest BCUT2D eigenvalue weighted by molar-refractivity contribution is 6.45. The summed E-state index contributed by atoms with van der Waals surface area (Å²) in [5, 5.41) is 3.14. The summed E-state index contributed by atoms with van der Waals surface area (Å²) in [6, 6.07) is 15.1. The summed E-state index contributed by atoms with van der Waals surface area (Å²) in [6.45, 7) is 0.490. The van der Waals surface area contributed by atoms with E-state index in [4.69, 9.17) is 9.47 Å². The lowest BCUT2D eigenvalue weighted by Crippen LogP contribution is -2.31. The molecule has 0 aliphatic carbocycles. The SMILES string of the molecule is COc1ccc(Cn2cc(C(=O)C(=O)NC3=CC(=O)OC3)c3ccccc32)cc1. The topological polar surface area (TPSA) is 86.6 Å². The molecular formula is C22H18N2O5. The van der Waals surface area contributed by atoms with Crippen LogP contribution in [0.4, 0.5) is 0 Å². The molecule has 0 saturated heterocycles. The minimum atomic E-state index is -0.804. The highest BCUT2D eigenvalue weighted by Gasteiger charge is 2.24.